The Morgan fingerprint density at radius 1 is 1.27 bits per heavy atom. The first-order chi connectivity index (χ1) is 12.4. The SMILES string of the molecule is COc1cc2c3c(c(=O)oc2c(C2OCC(C)(C)CO2)c1O)CNCC3. The van der Waals surface area contributed by atoms with Gasteiger partial charge in [0.2, 0.25) is 0 Å². The van der Waals surface area contributed by atoms with Crippen LogP contribution in [0.2, 0.25) is 0 Å². The number of aromatic hydroxyl groups is 1. The minimum absolute atomic E-state index is 0.119. The van der Waals surface area contributed by atoms with Crippen LogP contribution < -0.4 is 15.7 Å². The Morgan fingerprint density at radius 3 is 2.69 bits per heavy atom. The lowest BCUT2D eigenvalue weighted by atomic mass is 9.94. The fourth-order valence-electron chi connectivity index (χ4n) is 3.55. The first kappa shape index (κ1) is 17.3. The lowest BCUT2D eigenvalue weighted by Crippen LogP contribution is -2.34. The van der Waals surface area contributed by atoms with E-state index in [9.17, 15) is 9.90 Å². The number of phenols is 1. The standard InChI is InChI=1S/C19H23NO6/c1-19(2)8-24-18(25-9-19)14-15(21)13(23-3)6-11-10-4-5-20-7-12(10)17(22)26-16(11)14/h6,18,20-21H,4-5,7-9H2,1-3H3. The number of ether oxygens (including phenoxy) is 3. The van der Waals surface area contributed by atoms with E-state index < -0.39 is 11.9 Å². The maximum absolute atomic E-state index is 12.5. The lowest BCUT2D eigenvalue weighted by molar-refractivity contribution is -0.226. The quantitative estimate of drug-likeness (QED) is 0.793. The van der Waals surface area contributed by atoms with Gasteiger partial charge in [-0.05, 0) is 24.6 Å². The Bertz CT molecular complexity index is 907. The van der Waals surface area contributed by atoms with Gasteiger partial charge in [0.05, 0.1) is 31.5 Å². The molecule has 0 aliphatic carbocycles. The van der Waals surface area contributed by atoms with Gasteiger partial charge < -0.3 is 29.1 Å². The van der Waals surface area contributed by atoms with Gasteiger partial charge in [-0.25, -0.2) is 4.79 Å². The third-order valence-electron chi connectivity index (χ3n) is 4.94. The van der Waals surface area contributed by atoms with Gasteiger partial charge in [-0.3, -0.25) is 0 Å². The van der Waals surface area contributed by atoms with Crippen molar-refractivity contribution >= 4 is 11.0 Å². The number of benzene rings is 1. The lowest BCUT2D eigenvalue weighted by Gasteiger charge is -2.35. The molecule has 0 bridgehead atoms. The summed E-state index contributed by atoms with van der Waals surface area (Å²) in [6.07, 6.45) is -0.118. The molecular formula is C19H23NO6. The van der Waals surface area contributed by atoms with Crippen molar-refractivity contribution in [3.05, 3.63) is 33.2 Å². The maximum atomic E-state index is 12.5. The minimum atomic E-state index is -0.816. The van der Waals surface area contributed by atoms with Crippen molar-refractivity contribution in [3.8, 4) is 11.5 Å². The normalized spacial score (nSPS) is 20.1. The van der Waals surface area contributed by atoms with Crippen molar-refractivity contribution in [1.82, 2.24) is 5.32 Å². The van der Waals surface area contributed by atoms with Crippen molar-refractivity contribution in [2.24, 2.45) is 5.41 Å². The zero-order valence-corrected chi connectivity index (χ0v) is 15.2. The Hall–Kier alpha value is -2.09. The van der Waals surface area contributed by atoms with Gasteiger partial charge in [0, 0.05) is 17.3 Å². The van der Waals surface area contributed by atoms with Crippen LogP contribution in [0.25, 0.3) is 11.0 Å². The molecule has 1 aromatic carbocycles. The van der Waals surface area contributed by atoms with Crippen LogP contribution in [0.1, 0.15) is 36.8 Å². The Kier molecular flexibility index (Phi) is 4.17. The van der Waals surface area contributed by atoms with Crippen LogP contribution in [0.4, 0.5) is 0 Å². The molecule has 2 aliphatic heterocycles. The van der Waals surface area contributed by atoms with E-state index in [1.54, 1.807) is 6.07 Å². The van der Waals surface area contributed by atoms with Crippen LogP contribution >= 0.6 is 0 Å². The summed E-state index contributed by atoms with van der Waals surface area (Å²) in [7, 11) is 1.49. The molecule has 7 heteroatoms. The van der Waals surface area contributed by atoms with E-state index in [2.05, 4.69) is 5.32 Å². The van der Waals surface area contributed by atoms with E-state index in [-0.39, 0.29) is 11.2 Å². The first-order valence-corrected chi connectivity index (χ1v) is 8.73. The molecule has 0 radical (unpaired) electrons. The maximum Gasteiger partial charge on any atom is 0.341 e. The fourth-order valence-corrected chi connectivity index (χ4v) is 3.55. The molecule has 0 amide bonds. The number of fused-ring (bicyclic) bond motifs is 3. The molecule has 1 aromatic heterocycles. The summed E-state index contributed by atoms with van der Waals surface area (Å²) in [5.41, 5.74) is 1.64. The topological polar surface area (TPSA) is 90.2 Å². The molecule has 3 heterocycles. The highest BCUT2D eigenvalue weighted by atomic mass is 16.7. The van der Waals surface area contributed by atoms with Gasteiger partial charge >= 0.3 is 5.63 Å². The Labute approximate surface area is 150 Å². The first-order valence-electron chi connectivity index (χ1n) is 8.73. The second-order valence-corrected chi connectivity index (χ2v) is 7.61. The molecule has 0 atom stereocenters. The summed E-state index contributed by atoms with van der Waals surface area (Å²) < 4.78 is 22.6. The van der Waals surface area contributed by atoms with Gasteiger partial charge in [-0.15, -0.1) is 0 Å². The summed E-state index contributed by atoms with van der Waals surface area (Å²) in [5.74, 6) is 0.181. The van der Waals surface area contributed by atoms with Gasteiger partial charge in [0.1, 0.15) is 0 Å². The van der Waals surface area contributed by atoms with E-state index in [0.717, 1.165) is 17.5 Å². The van der Waals surface area contributed by atoms with Crippen molar-refractivity contribution in [3.63, 3.8) is 0 Å². The second kappa shape index (κ2) is 6.26. The number of rotatable bonds is 2. The van der Waals surface area contributed by atoms with Gasteiger partial charge in [-0.1, -0.05) is 13.8 Å². The molecule has 1 fully saturated rings. The monoisotopic (exact) mass is 361 g/mol. The van der Waals surface area contributed by atoms with Gasteiger partial charge in [0.15, 0.2) is 23.4 Å². The molecule has 4 rings (SSSR count). The van der Waals surface area contributed by atoms with Crippen LogP contribution in [0.5, 0.6) is 11.5 Å². The predicted molar refractivity (Wildman–Crippen MR) is 94.5 cm³/mol. The van der Waals surface area contributed by atoms with Gasteiger partial charge in [0.25, 0.3) is 0 Å². The van der Waals surface area contributed by atoms with E-state index in [4.69, 9.17) is 18.6 Å². The molecule has 26 heavy (non-hydrogen) atoms. The molecule has 140 valence electrons. The summed E-state index contributed by atoms with van der Waals surface area (Å²) in [6, 6.07) is 1.72. The second-order valence-electron chi connectivity index (χ2n) is 7.61. The molecule has 2 N–H and O–H groups in total. The Balaban J connectivity index is 1.95. The van der Waals surface area contributed by atoms with Crippen molar-refractivity contribution in [2.75, 3.05) is 26.9 Å². The zero-order valence-electron chi connectivity index (χ0n) is 15.2. The molecule has 2 aliphatic rings. The number of hydrogen-bond acceptors (Lipinski definition) is 7. The highest BCUT2D eigenvalue weighted by Crippen LogP contribution is 2.44. The summed E-state index contributed by atoms with van der Waals surface area (Å²) in [6.45, 7) is 6.25. The van der Waals surface area contributed by atoms with Gasteiger partial charge in [-0.2, -0.15) is 0 Å². The summed E-state index contributed by atoms with van der Waals surface area (Å²) in [5, 5.41) is 14.6. The molecule has 0 spiro atoms. The molecular weight excluding hydrogens is 338 g/mol. The zero-order chi connectivity index (χ0) is 18.5. The van der Waals surface area contributed by atoms with E-state index >= 15 is 0 Å². The third kappa shape index (κ3) is 2.76. The van der Waals surface area contributed by atoms with Crippen molar-refractivity contribution in [2.45, 2.75) is 33.1 Å². The smallest absolute Gasteiger partial charge is 0.341 e. The van der Waals surface area contributed by atoms with Crippen LogP contribution in [0, 0.1) is 5.41 Å². The predicted octanol–water partition coefficient (Wildman–Crippen LogP) is 2.22. The van der Waals surface area contributed by atoms with Crippen molar-refractivity contribution in [1.29, 1.82) is 0 Å². The molecule has 1 saturated heterocycles. The number of hydrogen-bond donors (Lipinski definition) is 2. The largest absolute Gasteiger partial charge is 0.504 e. The summed E-state index contributed by atoms with van der Waals surface area (Å²) >= 11 is 0. The van der Waals surface area contributed by atoms with Crippen LogP contribution in [-0.4, -0.2) is 32.0 Å². The van der Waals surface area contributed by atoms with Crippen LogP contribution in [0.3, 0.4) is 0 Å². The summed E-state index contributed by atoms with van der Waals surface area (Å²) in [4.78, 5) is 12.5. The number of phenolic OH excluding ortho intramolecular Hbond substituents is 1. The third-order valence-corrected chi connectivity index (χ3v) is 4.94. The number of nitrogens with one attached hydrogen (secondary N) is 1. The molecule has 0 saturated carbocycles. The van der Waals surface area contributed by atoms with Crippen LogP contribution in [0.15, 0.2) is 15.3 Å². The van der Waals surface area contributed by atoms with Crippen LogP contribution in [-0.2, 0) is 22.4 Å². The molecule has 2 aromatic rings. The average Bonchev–Trinajstić information content (AvgIpc) is 2.62. The van der Waals surface area contributed by atoms with E-state index in [1.165, 1.54) is 7.11 Å². The average molecular weight is 361 g/mol. The Morgan fingerprint density at radius 2 is 2.00 bits per heavy atom. The molecule has 0 unspecified atom stereocenters. The highest BCUT2D eigenvalue weighted by molar-refractivity contribution is 5.88. The van der Waals surface area contributed by atoms with E-state index in [1.807, 2.05) is 13.8 Å². The minimum Gasteiger partial charge on any atom is -0.504 e. The number of methoxy groups -OCH3 is 1. The highest BCUT2D eigenvalue weighted by Gasteiger charge is 2.34. The van der Waals surface area contributed by atoms with Crippen molar-refractivity contribution < 1.29 is 23.7 Å². The molecule has 7 nitrogen and oxygen atoms in total. The fraction of sp³-hybridized carbons (Fsp3) is 0.526. The van der Waals surface area contributed by atoms with E-state index in [0.29, 0.717) is 48.6 Å².